The number of aromatic amines is 1. The van der Waals surface area contributed by atoms with Gasteiger partial charge in [0, 0.05) is 5.39 Å². The van der Waals surface area contributed by atoms with Crippen LogP contribution in [0.3, 0.4) is 0 Å². The molecule has 0 bridgehead atoms. The SMILES string of the molecule is CC1=NN(c2cccc3ccccc23)C(=O)C1=Cc1c(O)n(-c2ccc(C)cc2)c(=O)[nH]c1=O. The van der Waals surface area contributed by atoms with Crippen molar-refractivity contribution in [1.82, 2.24) is 9.55 Å². The zero-order valence-corrected chi connectivity index (χ0v) is 18.4. The Hall–Kier alpha value is -4.72. The zero-order chi connectivity index (χ0) is 24.0. The number of aryl methyl sites for hydroxylation is 1. The molecule has 34 heavy (non-hydrogen) atoms. The quantitative estimate of drug-likeness (QED) is 0.464. The Morgan fingerprint density at radius 2 is 1.62 bits per heavy atom. The normalized spacial score (nSPS) is 14.8. The molecular weight excluding hydrogens is 432 g/mol. The first-order valence-corrected chi connectivity index (χ1v) is 10.6. The van der Waals surface area contributed by atoms with Crippen LogP contribution in [0, 0.1) is 6.92 Å². The highest BCUT2D eigenvalue weighted by atomic mass is 16.3. The number of H-pyrrole nitrogens is 1. The standard InChI is InChI=1S/C26H20N4O4/c1-15-10-12-18(13-11-15)29-24(32)21(23(31)27-26(29)34)14-20-16(2)28-30(25(20)33)22-9-5-7-17-6-3-4-8-19(17)22/h3-14,32H,1-2H3,(H,27,31,34). The lowest BCUT2D eigenvalue weighted by Gasteiger charge is -2.14. The molecule has 1 amide bonds. The van der Waals surface area contributed by atoms with Crippen molar-refractivity contribution < 1.29 is 9.90 Å². The summed E-state index contributed by atoms with van der Waals surface area (Å²) in [5.41, 5.74) is 0.681. The predicted molar refractivity (Wildman–Crippen MR) is 132 cm³/mol. The van der Waals surface area contributed by atoms with Crippen LogP contribution in [0.2, 0.25) is 0 Å². The van der Waals surface area contributed by atoms with Crippen LogP contribution in [-0.2, 0) is 4.79 Å². The fourth-order valence-corrected chi connectivity index (χ4v) is 3.99. The Kier molecular flexibility index (Phi) is 4.98. The van der Waals surface area contributed by atoms with Crippen molar-refractivity contribution >= 4 is 34.2 Å². The van der Waals surface area contributed by atoms with Gasteiger partial charge in [0.05, 0.1) is 22.7 Å². The summed E-state index contributed by atoms with van der Waals surface area (Å²) in [5.74, 6) is -1.00. The molecule has 0 atom stereocenters. The van der Waals surface area contributed by atoms with E-state index in [-0.39, 0.29) is 11.1 Å². The number of nitrogens with one attached hydrogen (secondary N) is 1. The van der Waals surface area contributed by atoms with Gasteiger partial charge < -0.3 is 5.11 Å². The largest absolute Gasteiger partial charge is 0.494 e. The van der Waals surface area contributed by atoms with Gasteiger partial charge in [0.2, 0.25) is 5.88 Å². The molecule has 8 nitrogen and oxygen atoms in total. The van der Waals surface area contributed by atoms with Gasteiger partial charge in [0.1, 0.15) is 5.56 Å². The smallest absolute Gasteiger partial charge is 0.335 e. The van der Waals surface area contributed by atoms with E-state index in [0.29, 0.717) is 17.1 Å². The molecule has 0 saturated heterocycles. The Balaban J connectivity index is 1.62. The molecule has 1 aliphatic rings. The number of hydrogen-bond acceptors (Lipinski definition) is 5. The molecule has 0 fully saturated rings. The average molecular weight is 452 g/mol. The fourth-order valence-electron chi connectivity index (χ4n) is 3.99. The summed E-state index contributed by atoms with van der Waals surface area (Å²) in [6, 6.07) is 20.1. The van der Waals surface area contributed by atoms with E-state index in [2.05, 4.69) is 10.1 Å². The summed E-state index contributed by atoms with van der Waals surface area (Å²) in [5, 5.41) is 18.4. The Morgan fingerprint density at radius 1 is 0.912 bits per heavy atom. The van der Waals surface area contributed by atoms with Gasteiger partial charge in [-0.2, -0.15) is 10.1 Å². The number of rotatable bonds is 3. The molecule has 8 heteroatoms. The Morgan fingerprint density at radius 3 is 2.38 bits per heavy atom. The van der Waals surface area contributed by atoms with Gasteiger partial charge in [-0.1, -0.05) is 54.1 Å². The summed E-state index contributed by atoms with van der Waals surface area (Å²) < 4.78 is 0.988. The highest BCUT2D eigenvalue weighted by molar-refractivity contribution is 6.33. The van der Waals surface area contributed by atoms with E-state index in [1.54, 1.807) is 37.3 Å². The molecule has 2 heterocycles. The van der Waals surface area contributed by atoms with E-state index in [0.717, 1.165) is 20.9 Å². The molecule has 4 aromatic rings. The maximum absolute atomic E-state index is 13.3. The number of benzene rings is 3. The number of amides is 1. The maximum Gasteiger partial charge on any atom is 0.335 e. The molecule has 0 aliphatic carbocycles. The third-order valence-corrected chi connectivity index (χ3v) is 5.76. The third-order valence-electron chi connectivity index (χ3n) is 5.76. The summed E-state index contributed by atoms with van der Waals surface area (Å²) in [7, 11) is 0. The highest BCUT2D eigenvalue weighted by Gasteiger charge is 2.30. The number of hydrogen-bond donors (Lipinski definition) is 2. The number of fused-ring (bicyclic) bond motifs is 1. The minimum absolute atomic E-state index is 0.142. The van der Waals surface area contributed by atoms with Crippen molar-refractivity contribution in [2.75, 3.05) is 5.01 Å². The van der Waals surface area contributed by atoms with Crippen LogP contribution in [-0.4, -0.2) is 26.3 Å². The van der Waals surface area contributed by atoms with Crippen molar-refractivity contribution in [2.24, 2.45) is 5.10 Å². The van der Waals surface area contributed by atoms with Crippen molar-refractivity contribution in [3.63, 3.8) is 0 Å². The molecule has 0 saturated carbocycles. The lowest BCUT2D eigenvalue weighted by atomic mass is 10.1. The average Bonchev–Trinajstić information content (AvgIpc) is 3.10. The van der Waals surface area contributed by atoms with Gasteiger partial charge in [-0.25, -0.2) is 9.36 Å². The van der Waals surface area contributed by atoms with E-state index in [1.807, 2.05) is 43.3 Å². The monoisotopic (exact) mass is 452 g/mol. The lowest BCUT2D eigenvalue weighted by Crippen LogP contribution is -2.30. The Bertz CT molecular complexity index is 1640. The lowest BCUT2D eigenvalue weighted by molar-refractivity contribution is -0.114. The number of hydrazone groups is 1. The van der Waals surface area contributed by atoms with Gasteiger partial charge in [0.15, 0.2) is 0 Å². The molecular formula is C26H20N4O4. The first-order chi connectivity index (χ1) is 16.3. The number of nitrogens with zero attached hydrogens (tertiary/aromatic N) is 3. The third kappa shape index (κ3) is 3.41. The van der Waals surface area contributed by atoms with E-state index in [1.165, 1.54) is 11.1 Å². The minimum atomic E-state index is -0.803. The van der Waals surface area contributed by atoms with E-state index in [4.69, 9.17) is 0 Å². The minimum Gasteiger partial charge on any atom is -0.494 e. The van der Waals surface area contributed by atoms with Gasteiger partial charge in [-0.15, -0.1) is 0 Å². The van der Waals surface area contributed by atoms with E-state index >= 15 is 0 Å². The van der Waals surface area contributed by atoms with Crippen LogP contribution in [0.15, 0.2) is 87.0 Å². The first kappa shape index (κ1) is 21.1. The number of carbonyl (C=O) groups excluding carboxylic acids is 1. The second-order valence-corrected chi connectivity index (χ2v) is 8.03. The van der Waals surface area contributed by atoms with E-state index in [9.17, 15) is 19.5 Å². The molecule has 0 radical (unpaired) electrons. The van der Waals surface area contributed by atoms with Gasteiger partial charge in [-0.05, 0) is 43.5 Å². The molecule has 0 unspecified atom stereocenters. The van der Waals surface area contributed by atoms with Gasteiger partial charge in [0.25, 0.3) is 11.5 Å². The first-order valence-electron chi connectivity index (χ1n) is 10.6. The summed E-state index contributed by atoms with van der Waals surface area (Å²) in [6.07, 6.45) is 1.27. The van der Waals surface area contributed by atoms with Crippen LogP contribution in [0.1, 0.15) is 18.1 Å². The summed E-state index contributed by atoms with van der Waals surface area (Å²) >= 11 is 0. The van der Waals surface area contributed by atoms with Crippen LogP contribution in [0.4, 0.5) is 5.69 Å². The molecule has 168 valence electrons. The molecule has 3 aromatic carbocycles. The predicted octanol–water partition coefficient (Wildman–Crippen LogP) is 3.50. The van der Waals surface area contributed by atoms with Crippen LogP contribution in [0.5, 0.6) is 5.88 Å². The molecule has 5 rings (SSSR count). The fraction of sp³-hybridized carbons (Fsp3) is 0.0769. The zero-order valence-electron chi connectivity index (χ0n) is 18.4. The van der Waals surface area contributed by atoms with Crippen LogP contribution < -0.4 is 16.3 Å². The topological polar surface area (TPSA) is 108 Å². The molecule has 0 spiro atoms. The van der Waals surface area contributed by atoms with Crippen molar-refractivity contribution in [3.05, 3.63) is 104 Å². The molecule has 2 N–H and O–H groups in total. The second-order valence-electron chi connectivity index (χ2n) is 8.03. The van der Waals surface area contributed by atoms with Crippen LogP contribution >= 0.6 is 0 Å². The number of aromatic hydroxyl groups is 1. The van der Waals surface area contributed by atoms with E-state index < -0.39 is 23.0 Å². The number of anilines is 1. The summed E-state index contributed by atoms with van der Waals surface area (Å²) in [4.78, 5) is 40.6. The maximum atomic E-state index is 13.3. The van der Waals surface area contributed by atoms with Gasteiger partial charge in [-0.3, -0.25) is 14.6 Å². The van der Waals surface area contributed by atoms with Gasteiger partial charge >= 0.3 is 5.69 Å². The Labute approximate surface area is 193 Å². The second kappa shape index (κ2) is 8.00. The van der Waals surface area contributed by atoms with Crippen molar-refractivity contribution in [3.8, 4) is 11.6 Å². The molecule has 1 aliphatic heterocycles. The van der Waals surface area contributed by atoms with Crippen molar-refractivity contribution in [2.45, 2.75) is 13.8 Å². The number of aromatic nitrogens is 2. The van der Waals surface area contributed by atoms with Crippen molar-refractivity contribution in [1.29, 1.82) is 0 Å². The molecule has 1 aromatic heterocycles. The highest BCUT2D eigenvalue weighted by Crippen LogP contribution is 2.32. The van der Waals surface area contributed by atoms with Crippen LogP contribution in [0.25, 0.3) is 22.5 Å². The number of carbonyl (C=O) groups is 1. The summed E-state index contributed by atoms with van der Waals surface area (Å²) in [6.45, 7) is 3.54.